The van der Waals surface area contributed by atoms with Crippen LogP contribution in [-0.2, 0) is 0 Å². The van der Waals surface area contributed by atoms with Crippen molar-refractivity contribution in [1.29, 1.82) is 0 Å². The lowest BCUT2D eigenvalue weighted by molar-refractivity contribution is -0.923. The third-order valence-corrected chi connectivity index (χ3v) is 5.00. The summed E-state index contributed by atoms with van der Waals surface area (Å²) in [5, 5.41) is 14.8. The minimum Gasteiger partial charge on any atom is -0.356 e. The number of hydrogen-bond acceptors (Lipinski definition) is 3. The summed E-state index contributed by atoms with van der Waals surface area (Å²) in [6, 6.07) is 0. The number of quaternary nitrogens is 1. The van der Waals surface area contributed by atoms with Crippen molar-refractivity contribution in [3.8, 4) is 0 Å². The fourth-order valence-corrected chi connectivity index (χ4v) is 3.08. The highest BCUT2D eigenvalue weighted by molar-refractivity contribution is 4.48. The molecular weight excluding hydrogens is 292 g/mol. The van der Waals surface area contributed by atoms with E-state index in [0.29, 0.717) is 0 Å². The molecule has 0 aliphatic heterocycles. The molecule has 0 aromatic carbocycles. The van der Waals surface area contributed by atoms with E-state index < -0.39 is 5.09 Å². The van der Waals surface area contributed by atoms with Crippen molar-refractivity contribution in [2.75, 3.05) is 26.2 Å². The summed E-state index contributed by atoms with van der Waals surface area (Å²) < 4.78 is 1.33. The predicted molar refractivity (Wildman–Crippen MR) is 99.0 cm³/mol. The molecule has 0 aromatic heterocycles. The normalized spacial score (nSPS) is 11.0. The topological polar surface area (TPSA) is 66.2 Å². The monoisotopic (exact) mass is 332 g/mol. The molecule has 23 heavy (non-hydrogen) atoms. The first kappa shape index (κ1) is 24.4. The van der Waals surface area contributed by atoms with Crippen LogP contribution in [-0.4, -0.2) is 35.7 Å². The summed E-state index contributed by atoms with van der Waals surface area (Å²) in [5.41, 5.74) is 0. The zero-order valence-electron chi connectivity index (χ0n) is 16.0. The fourth-order valence-electron chi connectivity index (χ4n) is 3.08. The number of nitrogens with zero attached hydrogens (tertiary/aromatic N) is 2. The van der Waals surface area contributed by atoms with Crippen LogP contribution in [0.15, 0.2) is 0 Å². The second-order valence-electron chi connectivity index (χ2n) is 6.42. The Kier molecular flexibility index (Phi) is 18.6. The average molecular weight is 333 g/mol. The molecule has 0 atom stereocenters. The van der Waals surface area contributed by atoms with Crippen LogP contribution in [0.4, 0.5) is 0 Å². The van der Waals surface area contributed by atoms with Crippen molar-refractivity contribution >= 4 is 0 Å². The first-order chi connectivity index (χ1) is 11.0. The summed E-state index contributed by atoms with van der Waals surface area (Å²) in [6.45, 7) is 14.7. The van der Waals surface area contributed by atoms with E-state index >= 15 is 0 Å². The van der Waals surface area contributed by atoms with Crippen molar-refractivity contribution in [2.45, 2.75) is 91.9 Å². The molecule has 0 spiro atoms. The molecule has 0 rings (SSSR count). The molecule has 140 valence electrons. The van der Waals surface area contributed by atoms with E-state index in [1.54, 1.807) is 0 Å². The highest BCUT2D eigenvalue weighted by atomic mass is 16.9. The van der Waals surface area contributed by atoms with E-state index in [4.69, 9.17) is 15.3 Å². The standard InChI is InChI=1S/C18H40N.NO3/c1-5-9-10-11-12-13-14-15-16-17-18-19(6-2,7-3)8-4;2-1(3)4/h5-18H2,1-4H3;/q+1;-1. The van der Waals surface area contributed by atoms with Crippen LogP contribution in [0.1, 0.15) is 91.9 Å². The maximum atomic E-state index is 8.25. The van der Waals surface area contributed by atoms with Gasteiger partial charge in [0.25, 0.3) is 0 Å². The van der Waals surface area contributed by atoms with Gasteiger partial charge < -0.3 is 19.8 Å². The molecule has 0 heterocycles. The third-order valence-electron chi connectivity index (χ3n) is 5.00. The quantitative estimate of drug-likeness (QED) is 0.181. The van der Waals surface area contributed by atoms with Crippen LogP contribution < -0.4 is 0 Å². The Balaban J connectivity index is 0. The summed E-state index contributed by atoms with van der Waals surface area (Å²) in [4.78, 5) is 8.25. The van der Waals surface area contributed by atoms with Gasteiger partial charge in [0.05, 0.1) is 31.3 Å². The smallest absolute Gasteiger partial charge is 0.0786 e. The van der Waals surface area contributed by atoms with Gasteiger partial charge in [0.15, 0.2) is 0 Å². The molecule has 0 amide bonds. The Morgan fingerprint density at radius 3 is 1.26 bits per heavy atom. The summed E-state index contributed by atoms with van der Waals surface area (Å²) in [7, 11) is 0. The minimum absolute atomic E-state index is 1.31. The second-order valence-corrected chi connectivity index (χ2v) is 6.42. The van der Waals surface area contributed by atoms with Crippen molar-refractivity contribution in [3.05, 3.63) is 15.3 Å². The highest BCUT2D eigenvalue weighted by Crippen LogP contribution is 2.13. The number of unbranched alkanes of at least 4 members (excludes halogenated alkanes) is 9. The molecule has 0 aliphatic rings. The molecule has 0 aliphatic carbocycles. The molecule has 0 bridgehead atoms. The van der Waals surface area contributed by atoms with E-state index in [1.807, 2.05) is 0 Å². The van der Waals surface area contributed by atoms with Gasteiger partial charge in [-0.15, -0.1) is 0 Å². The predicted octanol–water partition coefficient (Wildman–Crippen LogP) is 5.54. The second kappa shape index (κ2) is 17.5. The van der Waals surface area contributed by atoms with E-state index in [0.717, 1.165) is 0 Å². The Bertz CT molecular complexity index is 244. The highest BCUT2D eigenvalue weighted by Gasteiger charge is 2.19. The van der Waals surface area contributed by atoms with Gasteiger partial charge >= 0.3 is 0 Å². The molecule has 0 radical (unpaired) electrons. The first-order valence-corrected chi connectivity index (χ1v) is 9.64. The lowest BCUT2D eigenvalue weighted by Crippen LogP contribution is -2.48. The van der Waals surface area contributed by atoms with Crippen LogP contribution in [0.25, 0.3) is 0 Å². The van der Waals surface area contributed by atoms with Gasteiger partial charge in [-0.05, 0) is 33.6 Å². The van der Waals surface area contributed by atoms with E-state index in [1.165, 1.54) is 94.9 Å². The van der Waals surface area contributed by atoms with Crippen molar-refractivity contribution in [2.24, 2.45) is 0 Å². The van der Waals surface area contributed by atoms with Gasteiger partial charge in [-0.25, -0.2) is 0 Å². The van der Waals surface area contributed by atoms with E-state index in [2.05, 4.69) is 27.7 Å². The lowest BCUT2D eigenvalue weighted by atomic mass is 10.1. The SMILES string of the molecule is CCCCCCCCCCCC[N+](CC)(CC)CC.O=[N+]([O-])[O-]. The van der Waals surface area contributed by atoms with Crippen LogP contribution in [0.2, 0.25) is 0 Å². The zero-order chi connectivity index (χ0) is 18.0. The third kappa shape index (κ3) is 17.3. The van der Waals surface area contributed by atoms with Gasteiger partial charge in [-0.3, -0.25) is 0 Å². The maximum absolute atomic E-state index is 8.25. The van der Waals surface area contributed by atoms with Gasteiger partial charge in [-0.2, -0.15) is 0 Å². The fraction of sp³-hybridized carbons (Fsp3) is 1.00. The number of rotatable bonds is 14. The maximum Gasteiger partial charge on any atom is 0.0786 e. The van der Waals surface area contributed by atoms with E-state index in [9.17, 15) is 0 Å². The van der Waals surface area contributed by atoms with Crippen LogP contribution in [0.5, 0.6) is 0 Å². The molecule has 0 saturated carbocycles. The minimum atomic E-state index is -1.75. The van der Waals surface area contributed by atoms with Crippen LogP contribution in [0.3, 0.4) is 0 Å². The Hall–Kier alpha value is -0.840. The molecule has 0 fully saturated rings. The van der Waals surface area contributed by atoms with Crippen LogP contribution in [0, 0.1) is 15.3 Å². The Morgan fingerprint density at radius 2 is 0.957 bits per heavy atom. The molecule has 0 unspecified atom stereocenters. The molecule has 0 saturated heterocycles. The number of hydrogen-bond donors (Lipinski definition) is 0. The summed E-state index contributed by atoms with van der Waals surface area (Å²) in [5.74, 6) is 0. The average Bonchev–Trinajstić information content (AvgIpc) is 2.53. The zero-order valence-corrected chi connectivity index (χ0v) is 16.0. The van der Waals surface area contributed by atoms with Crippen molar-refractivity contribution in [1.82, 2.24) is 0 Å². The molecule has 5 nitrogen and oxygen atoms in total. The van der Waals surface area contributed by atoms with Gasteiger partial charge in [0.1, 0.15) is 0 Å². The largest absolute Gasteiger partial charge is 0.356 e. The molecule has 0 N–H and O–H groups in total. The van der Waals surface area contributed by atoms with Gasteiger partial charge in [-0.1, -0.05) is 58.3 Å². The van der Waals surface area contributed by atoms with Gasteiger partial charge in [0, 0.05) is 0 Å². The molecule has 5 heteroatoms. The summed E-state index contributed by atoms with van der Waals surface area (Å²) >= 11 is 0. The Morgan fingerprint density at radius 1 is 0.652 bits per heavy atom. The van der Waals surface area contributed by atoms with E-state index in [-0.39, 0.29) is 0 Å². The molecular formula is C18H40N2O3. The van der Waals surface area contributed by atoms with Crippen molar-refractivity contribution in [3.63, 3.8) is 0 Å². The summed E-state index contributed by atoms with van der Waals surface area (Å²) in [6.07, 6.45) is 14.5. The Labute approximate surface area is 143 Å². The van der Waals surface area contributed by atoms with Crippen LogP contribution >= 0.6 is 0 Å². The van der Waals surface area contributed by atoms with Crippen molar-refractivity contribution < 1.29 is 9.57 Å². The molecule has 0 aromatic rings. The first-order valence-electron chi connectivity index (χ1n) is 9.64. The lowest BCUT2D eigenvalue weighted by Gasteiger charge is -2.35. The van der Waals surface area contributed by atoms with Gasteiger partial charge in [0.2, 0.25) is 0 Å².